The van der Waals surface area contributed by atoms with E-state index in [1.54, 1.807) is 0 Å². The standard InChI is InChI=1S/C13H16ClF3N2O/c14-11-6-10(13(15,16)17)7-19-12(11)18-4-1-5-20-8-9-2-3-9/h6-7,9H,1-5,8H2,(H,18,19). The quantitative estimate of drug-likeness (QED) is 0.774. The van der Waals surface area contributed by atoms with Crippen LogP contribution >= 0.6 is 11.6 Å². The van der Waals surface area contributed by atoms with Gasteiger partial charge in [0.05, 0.1) is 10.6 Å². The van der Waals surface area contributed by atoms with Gasteiger partial charge in [-0.05, 0) is 31.2 Å². The normalized spacial score (nSPS) is 15.4. The molecule has 1 fully saturated rings. The van der Waals surface area contributed by atoms with E-state index in [1.807, 2.05) is 0 Å². The highest BCUT2D eigenvalue weighted by Crippen LogP contribution is 2.32. The van der Waals surface area contributed by atoms with Crippen LogP contribution in [0, 0.1) is 5.92 Å². The molecule has 0 amide bonds. The molecule has 0 aromatic carbocycles. The van der Waals surface area contributed by atoms with E-state index in [4.69, 9.17) is 16.3 Å². The zero-order valence-corrected chi connectivity index (χ0v) is 11.6. The van der Waals surface area contributed by atoms with Crippen molar-refractivity contribution >= 4 is 17.4 Å². The minimum Gasteiger partial charge on any atom is -0.381 e. The van der Waals surface area contributed by atoms with Crippen LogP contribution in [0.5, 0.6) is 0 Å². The van der Waals surface area contributed by atoms with E-state index in [0.29, 0.717) is 13.2 Å². The lowest BCUT2D eigenvalue weighted by atomic mass is 10.3. The Hall–Kier alpha value is -1.01. The Labute approximate surface area is 120 Å². The Morgan fingerprint density at radius 2 is 2.15 bits per heavy atom. The van der Waals surface area contributed by atoms with Crippen molar-refractivity contribution in [3.63, 3.8) is 0 Å². The number of aromatic nitrogens is 1. The predicted molar refractivity (Wildman–Crippen MR) is 70.9 cm³/mol. The number of anilines is 1. The van der Waals surface area contributed by atoms with Crippen LogP contribution in [0.25, 0.3) is 0 Å². The first kappa shape index (κ1) is 15.4. The SMILES string of the molecule is FC(F)(F)c1cnc(NCCCOCC2CC2)c(Cl)c1. The summed E-state index contributed by atoms with van der Waals surface area (Å²) in [4.78, 5) is 3.70. The van der Waals surface area contributed by atoms with Crippen molar-refractivity contribution in [2.45, 2.75) is 25.4 Å². The van der Waals surface area contributed by atoms with Crippen LogP contribution in [0.4, 0.5) is 19.0 Å². The molecule has 0 saturated heterocycles. The topological polar surface area (TPSA) is 34.2 Å². The van der Waals surface area contributed by atoms with Gasteiger partial charge in [-0.3, -0.25) is 0 Å². The van der Waals surface area contributed by atoms with Crippen molar-refractivity contribution in [1.82, 2.24) is 4.98 Å². The maximum atomic E-state index is 12.4. The van der Waals surface area contributed by atoms with Gasteiger partial charge in [-0.1, -0.05) is 11.6 Å². The average molecular weight is 309 g/mol. The third-order valence-electron chi connectivity index (χ3n) is 2.98. The molecule has 1 saturated carbocycles. The van der Waals surface area contributed by atoms with Crippen LogP contribution in [0.2, 0.25) is 5.02 Å². The zero-order chi connectivity index (χ0) is 14.6. The summed E-state index contributed by atoms with van der Waals surface area (Å²) >= 11 is 5.77. The minimum absolute atomic E-state index is 0.0290. The lowest BCUT2D eigenvalue weighted by Crippen LogP contribution is -2.10. The van der Waals surface area contributed by atoms with Crippen LogP contribution in [0.15, 0.2) is 12.3 Å². The molecular weight excluding hydrogens is 293 g/mol. The van der Waals surface area contributed by atoms with E-state index < -0.39 is 11.7 Å². The Morgan fingerprint density at radius 1 is 1.40 bits per heavy atom. The second-order valence-electron chi connectivity index (χ2n) is 4.85. The van der Waals surface area contributed by atoms with Crippen molar-refractivity contribution in [2.75, 3.05) is 25.1 Å². The van der Waals surface area contributed by atoms with Crippen molar-refractivity contribution in [1.29, 1.82) is 0 Å². The molecule has 1 aromatic heterocycles. The van der Waals surface area contributed by atoms with E-state index in [-0.39, 0.29) is 10.8 Å². The summed E-state index contributed by atoms with van der Waals surface area (Å²) < 4.78 is 42.7. The highest BCUT2D eigenvalue weighted by molar-refractivity contribution is 6.32. The molecule has 0 radical (unpaired) electrons. The van der Waals surface area contributed by atoms with Gasteiger partial charge >= 0.3 is 6.18 Å². The average Bonchev–Trinajstić information content (AvgIpc) is 3.18. The van der Waals surface area contributed by atoms with Crippen molar-refractivity contribution in [3.05, 3.63) is 22.8 Å². The van der Waals surface area contributed by atoms with Gasteiger partial charge in [0, 0.05) is 26.0 Å². The first-order valence-corrected chi connectivity index (χ1v) is 6.89. The highest BCUT2D eigenvalue weighted by atomic mass is 35.5. The second-order valence-corrected chi connectivity index (χ2v) is 5.26. The van der Waals surface area contributed by atoms with Gasteiger partial charge in [-0.2, -0.15) is 13.2 Å². The summed E-state index contributed by atoms with van der Waals surface area (Å²) in [6.45, 7) is 1.99. The molecule has 112 valence electrons. The molecule has 3 nitrogen and oxygen atoms in total. The summed E-state index contributed by atoms with van der Waals surface area (Å²) in [5.74, 6) is 0.996. The number of alkyl halides is 3. The lowest BCUT2D eigenvalue weighted by Gasteiger charge is -2.10. The zero-order valence-electron chi connectivity index (χ0n) is 10.8. The first-order chi connectivity index (χ1) is 9.47. The van der Waals surface area contributed by atoms with Gasteiger partial charge < -0.3 is 10.1 Å². The molecule has 7 heteroatoms. The van der Waals surface area contributed by atoms with Crippen LogP contribution in [0.3, 0.4) is 0 Å². The Bertz CT molecular complexity index is 450. The number of hydrogen-bond acceptors (Lipinski definition) is 3. The van der Waals surface area contributed by atoms with Gasteiger partial charge in [0.25, 0.3) is 0 Å². The number of nitrogens with zero attached hydrogens (tertiary/aromatic N) is 1. The molecule has 0 unspecified atom stereocenters. The molecule has 1 aliphatic rings. The molecule has 20 heavy (non-hydrogen) atoms. The molecule has 1 heterocycles. The summed E-state index contributed by atoms with van der Waals surface area (Å²) in [6, 6.07) is 0.875. The number of hydrogen-bond donors (Lipinski definition) is 1. The van der Waals surface area contributed by atoms with E-state index in [1.165, 1.54) is 12.8 Å². The lowest BCUT2D eigenvalue weighted by molar-refractivity contribution is -0.137. The maximum absolute atomic E-state index is 12.4. The minimum atomic E-state index is -4.42. The van der Waals surface area contributed by atoms with Crippen molar-refractivity contribution in [3.8, 4) is 0 Å². The van der Waals surface area contributed by atoms with E-state index in [9.17, 15) is 13.2 Å². The third kappa shape index (κ3) is 4.83. The summed E-state index contributed by atoms with van der Waals surface area (Å²) in [6.07, 6.45) is -0.387. The van der Waals surface area contributed by atoms with Gasteiger partial charge in [-0.25, -0.2) is 4.98 Å². The van der Waals surface area contributed by atoms with Crippen molar-refractivity contribution in [2.24, 2.45) is 5.92 Å². The summed E-state index contributed by atoms with van der Waals surface area (Å²) in [5, 5.41) is 2.88. The maximum Gasteiger partial charge on any atom is 0.417 e. The van der Waals surface area contributed by atoms with Gasteiger partial charge in [0.1, 0.15) is 5.82 Å². The molecule has 1 aromatic rings. The Balaban J connectivity index is 1.72. The number of rotatable bonds is 7. The largest absolute Gasteiger partial charge is 0.417 e. The highest BCUT2D eigenvalue weighted by Gasteiger charge is 2.31. The molecule has 2 rings (SSSR count). The monoisotopic (exact) mass is 308 g/mol. The smallest absolute Gasteiger partial charge is 0.381 e. The molecule has 0 atom stereocenters. The van der Waals surface area contributed by atoms with Gasteiger partial charge in [0.15, 0.2) is 0 Å². The number of halogens is 4. The third-order valence-corrected chi connectivity index (χ3v) is 3.26. The Kier molecular flexibility index (Phi) is 5.10. The fraction of sp³-hybridized carbons (Fsp3) is 0.615. The second kappa shape index (κ2) is 6.63. The molecule has 0 spiro atoms. The number of nitrogens with one attached hydrogen (secondary N) is 1. The summed E-state index contributed by atoms with van der Waals surface area (Å²) in [5.41, 5.74) is -0.846. The fourth-order valence-electron chi connectivity index (χ4n) is 1.64. The van der Waals surface area contributed by atoms with Crippen LogP contribution in [-0.2, 0) is 10.9 Å². The molecular formula is C13H16ClF3N2O. The fourth-order valence-corrected chi connectivity index (χ4v) is 1.87. The molecule has 0 bridgehead atoms. The van der Waals surface area contributed by atoms with E-state index in [0.717, 1.165) is 31.2 Å². The van der Waals surface area contributed by atoms with Crippen LogP contribution < -0.4 is 5.32 Å². The van der Waals surface area contributed by atoms with Gasteiger partial charge in [-0.15, -0.1) is 0 Å². The molecule has 0 aliphatic heterocycles. The number of ether oxygens (including phenoxy) is 1. The van der Waals surface area contributed by atoms with E-state index in [2.05, 4.69) is 10.3 Å². The van der Waals surface area contributed by atoms with E-state index >= 15 is 0 Å². The Morgan fingerprint density at radius 3 is 2.75 bits per heavy atom. The first-order valence-electron chi connectivity index (χ1n) is 6.51. The predicted octanol–water partition coefficient (Wildman–Crippen LogP) is 3.98. The number of pyridine rings is 1. The molecule has 1 N–H and O–H groups in total. The van der Waals surface area contributed by atoms with Crippen LogP contribution in [0.1, 0.15) is 24.8 Å². The van der Waals surface area contributed by atoms with Gasteiger partial charge in [0.2, 0.25) is 0 Å². The summed E-state index contributed by atoms with van der Waals surface area (Å²) in [7, 11) is 0. The van der Waals surface area contributed by atoms with Crippen molar-refractivity contribution < 1.29 is 17.9 Å². The molecule has 1 aliphatic carbocycles. The van der Waals surface area contributed by atoms with Crippen LogP contribution in [-0.4, -0.2) is 24.7 Å².